The van der Waals surface area contributed by atoms with E-state index in [4.69, 9.17) is 9.84 Å². The first-order valence-corrected chi connectivity index (χ1v) is 4.08. The molecule has 0 saturated heterocycles. The zero-order valence-electron chi connectivity index (χ0n) is 7.43. The minimum absolute atomic E-state index is 0.342. The third kappa shape index (κ3) is 3.25. The van der Waals surface area contributed by atoms with Gasteiger partial charge in [-0.3, -0.25) is 0 Å². The molecule has 3 nitrogen and oxygen atoms in total. The Hall–Kier alpha value is -1.35. The summed E-state index contributed by atoms with van der Waals surface area (Å²) in [6, 6.07) is 9.49. The van der Waals surface area contributed by atoms with Gasteiger partial charge in [0.05, 0.1) is 6.61 Å². The highest BCUT2D eigenvalue weighted by Gasteiger charge is 2.10. The average Bonchev–Trinajstić information content (AvgIpc) is 2.15. The van der Waals surface area contributed by atoms with E-state index in [-0.39, 0.29) is 0 Å². The fourth-order valence-corrected chi connectivity index (χ4v) is 0.867. The zero-order chi connectivity index (χ0) is 9.68. The van der Waals surface area contributed by atoms with Crippen molar-refractivity contribution in [3.05, 3.63) is 35.9 Å². The number of hydrogen-bond acceptors (Lipinski definition) is 2. The summed E-state index contributed by atoms with van der Waals surface area (Å²) in [4.78, 5) is 10.4. The van der Waals surface area contributed by atoms with Crippen LogP contribution in [0.25, 0.3) is 0 Å². The summed E-state index contributed by atoms with van der Waals surface area (Å²) in [5.74, 6) is -0.934. The standard InChI is InChI=1S/C10H12O3/c1-8(10(11)12)13-7-9-5-3-2-4-6-9/h2-6,8H,7H2,1H3,(H,11,12). The van der Waals surface area contributed by atoms with Gasteiger partial charge < -0.3 is 9.84 Å². The van der Waals surface area contributed by atoms with E-state index in [1.165, 1.54) is 6.92 Å². The molecule has 0 saturated carbocycles. The lowest BCUT2D eigenvalue weighted by Gasteiger charge is -2.07. The highest BCUT2D eigenvalue weighted by molar-refractivity contribution is 5.71. The Balaban J connectivity index is 2.39. The van der Waals surface area contributed by atoms with E-state index in [0.29, 0.717) is 6.61 Å². The van der Waals surface area contributed by atoms with Gasteiger partial charge in [-0.25, -0.2) is 4.79 Å². The number of benzene rings is 1. The van der Waals surface area contributed by atoms with E-state index >= 15 is 0 Å². The predicted molar refractivity (Wildman–Crippen MR) is 48.3 cm³/mol. The van der Waals surface area contributed by atoms with Gasteiger partial charge in [-0.15, -0.1) is 0 Å². The van der Waals surface area contributed by atoms with Crippen molar-refractivity contribution in [1.29, 1.82) is 0 Å². The molecule has 1 rings (SSSR count). The van der Waals surface area contributed by atoms with Crippen LogP contribution in [-0.2, 0) is 16.1 Å². The molecule has 1 aromatic rings. The third-order valence-corrected chi connectivity index (χ3v) is 1.69. The van der Waals surface area contributed by atoms with Crippen LogP contribution in [0.1, 0.15) is 12.5 Å². The van der Waals surface area contributed by atoms with Gasteiger partial charge in [-0.05, 0) is 12.5 Å². The van der Waals surface area contributed by atoms with Crippen molar-refractivity contribution in [3.8, 4) is 0 Å². The number of carboxylic acids is 1. The van der Waals surface area contributed by atoms with Crippen LogP contribution in [0.2, 0.25) is 0 Å². The first kappa shape index (κ1) is 9.74. The van der Waals surface area contributed by atoms with Crippen molar-refractivity contribution >= 4 is 5.97 Å². The fraction of sp³-hybridized carbons (Fsp3) is 0.300. The molecule has 0 spiro atoms. The Bertz CT molecular complexity index is 269. The molecule has 70 valence electrons. The summed E-state index contributed by atoms with van der Waals surface area (Å²) in [6.07, 6.45) is -0.750. The minimum Gasteiger partial charge on any atom is -0.479 e. The molecule has 1 N–H and O–H groups in total. The van der Waals surface area contributed by atoms with E-state index in [9.17, 15) is 4.79 Å². The SMILES string of the molecule is CC(OCc1ccccc1)C(=O)O. The predicted octanol–water partition coefficient (Wildman–Crippen LogP) is 1.68. The summed E-state index contributed by atoms with van der Waals surface area (Å²) in [7, 11) is 0. The monoisotopic (exact) mass is 180 g/mol. The van der Waals surface area contributed by atoms with Gasteiger partial charge in [0.1, 0.15) is 0 Å². The molecule has 1 unspecified atom stereocenters. The van der Waals surface area contributed by atoms with E-state index in [1.807, 2.05) is 30.3 Å². The van der Waals surface area contributed by atoms with E-state index in [0.717, 1.165) is 5.56 Å². The Labute approximate surface area is 77.0 Å². The highest BCUT2D eigenvalue weighted by Crippen LogP contribution is 2.02. The van der Waals surface area contributed by atoms with Gasteiger partial charge >= 0.3 is 5.97 Å². The maximum Gasteiger partial charge on any atom is 0.332 e. The van der Waals surface area contributed by atoms with E-state index in [1.54, 1.807) is 0 Å². The number of carbonyl (C=O) groups is 1. The van der Waals surface area contributed by atoms with Gasteiger partial charge in [0.2, 0.25) is 0 Å². The van der Waals surface area contributed by atoms with Crippen molar-refractivity contribution in [2.75, 3.05) is 0 Å². The summed E-state index contributed by atoms with van der Waals surface area (Å²) in [5.41, 5.74) is 0.982. The van der Waals surface area contributed by atoms with Crippen LogP contribution in [0.5, 0.6) is 0 Å². The van der Waals surface area contributed by atoms with Crippen LogP contribution in [0, 0.1) is 0 Å². The quantitative estimate of drug-likeness (QED) is 0.766. The van der Waals surface area contributed by atoms with Gasteiger partial charge in [0, 0.05) is 0 Å². The molecule has 0 heterocycles. The average molecular weight is 180 g/mol. The normalized spacial score (nSPS) is 12.4. The largest absolute Gasteiger partial charge is 0.479 e. The van der Waals surface area contributed by atoms with Gasteiger partial charge in [0.25, 0.3) is 0 Å². The lowest BCUT2D eigenvalue weighted by Crippen LogP contribution is -2.19. The molecule has 0 aromatic heterocycles. The lowest BCUT2D eigenvalue weighted by molar-refractivity contribution is -0.149. The molecule has 1 aromatic carbocycles. The first-order chi connectivity index (χ1) is 6.20. The number of aliphatic carboxylic acids is 1. The number of carboxylic acid groups (broad SMARTS) is 1. The maximum atomic E-state index is 10.4. The molecular formula is C10H12O3. The molecule has 0 fully saturated rings. The third-order valence-electron chi connectivity index (χ3n) is 1.69. The molecule has 13 heavy (non-hydrogen) atoms. The van der Waals surface area contributed by atoms with Crippen molar-refractivity contribution in [3.63, 3.8) is 0 Å². The summed E-state index contributed by atoms with van der Waals surface area (Å²) in [5, 5.41) is 8.54. The Morgan fingerprint density at radius 1 is 1.46 bits per heavy atom. The van der Waals surface area contributed by atoms with E-state index < -0.39 is 12.1 Å². The number of hydrogen-bond donors (Lipinski definition) is 1. The highest BCUT2D eigenvalue weighted by atomic mass is 16.5. The second-order valence-corrected chi connectivity index (χ2v) is 2.78. The zero-order valence-corrected chi connectivity index (χ0v) is 7.43. The van der Waals surface area contributed by atoms with Crippen LogP contribution in [0.4, 0.5) is 0 Å². The Morgan fingerprint density at radius 2 is 2.08 bits per heavy atom. The smallest absolute Gasteiger partial charge is 0.332 e. The summed E-state index contributed by atoms with van der Waals surface area (Å²) in [6.45, 7) is 1.86. The van der Waals surface area contributed by atoms with Gasteiger partial charge in [0.15, 0.2) is 6.10 Å². The topological polar surface area (TPSA) is 46.5 Å². The van der Waals surface area contributed by atoms with Crippen molar-refractivity contribution < 1.29 is 14.6 Å². The van der Waals surface area contributed by atoms with Crippen molar-refractivity contribution in [2.45, 2.75) is 19.6 Å². The molecule has 0 aliphatic rings. The summed E-state index contributed by atoms with van der Waals surface area (Å²) >= 11 is 0. The van der Waals surface area contributed by atoms with Crippen LogP contribution >= 0.6 is 0 Å². The molecule has 3 heteroatoms. The van der Waals surface area contributed by atoms with Gasteiger partial charge in [-0.1, -0.05) is 30.3 Å². The second kappa shape index (κ2) is 4.62. The fourth-order valence-electron chi connectivity index (χ4n) is 0.867. The van der Waals surface area contributed by atoms with Crippen molar-refractivity contribution in [1.82, 2.24) is 0 Å². The Kier molecular flexibility index (Phi) is 3.46. The van der Waals surface area contributed by atoms with Crippen molar-refractivity contribution in [2.24, 2.45) is 0 Å². The minimum atomic E-state index is -0.934. The molecule has 0 amide bonds. The molecule has 1 atom stereocenters. The van der Waals surface area contributed by atoms with Crippen LogP contribution < -0.4 is 0 Å². The second-order valence-electron chi connectivity index (χ2n) is 2.78. The van der Waals surface area contributed by atoms with Crippen LogP contribution in [-0.4, -0.2) is 17.2 Å². The van der Waals surface area contributed by atoms with E-state index in [2.05, 4.69) is 0 Å². The van der Waals surface area contributed by atoms with Crippen LogP contribution in [0.3, 0.4) is 0 Å². The number of rotatable bonds is 4. The molecular weight excluding hydrogens is 168 g/mol. The summed E-state index contributed by atoms with van der Waals surface area (Å²) < 4.78 is 5.09. The molecule has 0 aliphatic heterocycles. The molecule has 0 aliphatic carbocycles. The first-order valence-electron chi connectivity index (χ1n) is 4.08. The lowest BCUT2D eigenvalue weighted by atomic mass is 10.2. The molecule has 0 bridgehead atoms. The maximum absolute atomic E-state index is 10.4. The van der Waals surface area contributed by atoms with Gasteiger partial charge in [-0.2, -0.15) is 0 Å². The van der Waals surface area contributed by atoms with Crippen LogP contribution in [0.15, 0.2) is 30.3 Å². The Morgan fingerprint density at radius 3 is 2.62 bits per heavy atom. The number of ether oxygens (including phenoxy) is 1. The molecule has 0 radical (unpaired) electrons.